The molecule has 12 heavy (non-hydrogen) atoms. The highest BCUT2D eigenvalue weighted by Crippen LogP contribution is 2.42. The molecule has 0 radical (unpaired) electrons. The van der Waals surface area contributed by atoms with Crippen LogP contribution in [0.4, 0.5) is 5.69 Å². The number of benzene rings is 1. The lowest BCUT2D eigenvalue weighted by Crippen LogP contribution is -1.92. The Morgan fingerprint density at radius 1 is 1.33 bits per heavy atom. The highest BCUT2D eigenvalue weighted by Gasteiger charge is 2.24. The normalized spacial score (nSPS) is 15.4. The van der Waals surface area contributed by atoms with E-state index in [0.29, 0.717) is 0 Å². The van der Waals surface area contributed by atoms with Crippen molar-refractivity contribution in [3.8, 4) is 0 Å². The zero-order valence-electron chi connectivity index (χ0n) is 7.21. The molecule has 1 nitrogen and oxygen atoms in total. The van der Waals surface area contributed by atoms with Crippen molar-refractivity contribution in [3.05, 3.63) is 29.3 Å². The molecule has 1 aromatic carbocycles. The molecule has 0 spiro atoms. The summed E-state index contributed by atoms with van der Waals surface area (Å²) >= 11 is 0. The fourth-order valence-electron chi connectivity index (χ4n) is 1.46. The SMILES string of the molecule is Cc1ccc(C2CC2)c(N)c1.Cl. The van der Waals surface area contributed by atoms with Crippen LogP contribution in [0, 0.1) is 6.92 Å². The van der Waals surface area contributed by atoms with Crippen molar-refractivity contribution in [2.75, 3.05) is 5.73 Å². The quantitative estimate of drug-likeness (QED) is 0.666. The van der Waals surface area contributed by atoms with Gasteiger partial charge in [-0.05, 0) is 42.9 Å². The van der Waals surface area contributed by atoms with E-state index in [0.717, 1.165) is 11.6 Å². The summed E-state index contributed by atoms with van der Waals surface area (Å²) in [4.78, 5) is 0. The van der Waals surface area contributed by atoms with Crippen LogP contribution in [0.1, 0.15) is 29.9 Å². The molecule has 0 aromatic heterocycles. The molecule has 1 aromatic rings. The molecule has 0 atom stereocenters. The third-order valence-corrected chi connectivity index (χ3v) is 2.26. The second-order valence-corrected chi connectivity index (χ2v) is 3.41. The highest BCUT2D eigenvalue weighted by molar-refractivity contribution is 5.85. The average Bonchev–Trinajstić information content (AvgIpc) is 2.70. The zero-order valence-corrected chi connectivity index (χ0v) is 8.03. The summed E-state index contributed by atoms with van der Waals surface area (Å²) in [7, 11) is 0. The summed E-state index contributed by atoms with van der Waals surface area (Å²) in [6.07, 6.45) is 2.65. The monoisotopic (exact) mass is 183 g/mol. The van der Waals surface area contributed by atoms with E-state index in [1.807, 2.05) is 0 Å². The van der Waals surface area contributed by atoms with Gasteiger partial charge in [0.05, 0.1) is 0 Å². The molecule has 1 saturated carbocycles. The Balaban J connectivity index is 0.000000720. The van der Waals surface area contributed by atoms with Crippen LogP contribution in [0.3, 0.4) is 0 Å². The molecule has 0 saturated heterocycles. The first-order chi connectivity index (χ1) is 5.27. The molecule has 0 bridgehead atoms. The summed E-state index contributed by atoms with van der Waals surface area (Å²) < 4.78 is 0. The fourth-order valence-corrected chi connectivity index (χ4v) is 1.46. The van der Waals surface area contributed by atoms with E-state index in [9.17, 15) is 0 Å². The molecular formula is C10H14ClN. The van der Waals surface area contributed by atoms with E-state index in [-0.39, 0.29) is 12.4 Å². The maximum Gasteiger partial charge on any atom is 0.0352 e. The van der Waals surface area contributed by atoms with Crippen LogP contribution >= 0.6 is 12.4 Å². The summed E-state index contributed by atoms with van der Waals surface area (Å²) in [6, 6.07) is 6.38. The molecule has 2 heteroatoms. The van der Waals surface area contributed by atoms with E-state index in [1.54, 1.807) is 0 Å². The molecule has 0 unspecified atom stereocenters. The predicted octanol–water partition coefficient (Wildman–Crippen LogP) is 2.88. The summed E-state index contributed by atoms with van der Waals surface area (Å²) in [5.74, 6) is 0.774. The number of rotatable bonds is 1. The Kier molecular flexibility index (Phi) is 2.63. The first-order valence-electron chi connectivity index (χ1n) is 4.13. The van der Waals surface area contributed by atoms with Crippen LogP contribution in [0.2, 0.25) is 0 Å². The van der Waals surface area contributed by atoms with Crippen molar-refractivity contribution in [2.45, 2.75) is 25.7 Å². The Morgan fingerprint density at radius 3 is 2.50 bits per heavy atom. The maximum atomic E-state index is 5.86. The third kappa shape index (κ3) is 1.72. The minimum Gasteiger partial charge on any atom is -0.398 e. The molecule has 1 fully saturated rings. The summed E-state index contributed by atoms with van der Waals surface area (Å²) in [6.45, 7) is 2.08. The maximum absolute atomic E-state index is 5.86. The van der Waals surface area contributed by atoms with Gasteiger partial charge in [0.2, 0.25) is 0 Å². The van der Waals surface area contributed by atoms with Gasteiger partial charge >= 0.3 is 0 Å². The van der Waals surface area contributed by atoms with Gasteiger partial charge in [-0.2, -0.15) is 0 Å². The number of aryl methyl sites for hydroxylation is 1. The molecular weight excluding hydrogens is 170 g/mol. The van der Waals surface area contributed by atoms with Gasteiger partial charge in [-0.15, -0.1) is 12.4 Å². The van der Waals surface area contributed by atoms with Crippen LogP contribution in [0.15, 0.2) is 18.2 Å². The van der Waals surface area contributed by atoms with Gasteiger partial charge in [0.15, 0.2) is 0 Å². The summed E-state index contributed by atoms with van der Waals surface area (Å²) in [5.41, 5.74) is 9.45. The van der Waals surface area contributed by atoms with E-state index in [2.05, 4.69) is 25.1 Å². The van der Waals surface area contributed by atoms with Gasteiger partial charge in [-0.1, -0.05) is 12.1 Å². The van der Waals surface area contributed by atoms with Crippen molar-refractivity contribution in [1.82, 2.24) is 0 Å². The van der Waals surface area contributed by atoms with E-state index < -0.39 is 0 Å². The second-order valence-electron chi connectivity index (χ2n) is 3.41. The Labute approximate surface area is 79.4 Å². The first-order valence-corrected chi connectivity index (χ1v) is 4.13. The lowest BCUT2D eigenvalue weighted by Gasteiger charge is -2.03. The number of hydrogen-bond acceptors (Lipinski definition) is 1. The van der Waals surface area contributed by atoms with Crippen molar-refractivity contribution in [3.63, 3.8) is 0 Å². The smallest absolute Gasteiger partial charge is 0.0352 e. The van der Waals surface area contributed by atoms with Gasteiger partial charge in [-0.3, -0.25) is 0 Å². The standard InChI is InChI=1S/C10H13N.ClH/c1-7-2-5-9(8-3-4-8)10(11)6-7;/h2,5-6,8H,3-4,11H2,1H3;1H. The molecule has 0 aliphatic heterocycles. The van der Waals surface area contributed by atoms with Crippen LogP contribution in [-0.2, 0) is 0 Å². The molecule has 1 aliphatic carbocycles. The number of halogens is 1. The Hall–Kier alpha value is -0.690. The molecule has 1 aliphatic rings. The van der Waals surface area contributed by atoms with E-state index in [1.165, 1.54) is 24.0 Å². The van der Waals surface area contributed by atoms with Gasteiger partial charge in [0, 0.05) is 5.69 Å². The minimum atomic E-state index is 0. The predicted molar refractivity (Wildman–Crippen MR) is 54.8 cm³/mol. The van der Waals surface area contributed by atoms with Gasteiger partial charge in [0.25, 0.3) is 0 Å². The lowest BCUT2D eigenvalue weighted by molar-refractivity contribution is 1.13. The second kappa shape index (κ2) is 3.36. The number of hydrogen-bond donors (Lipinski definition) is 1. The number of nitrogens with two attached hydrogens (primary N) is 1. The molecule has 0 amide bonds. The lowest BCUT2D eigenvalue weighted by atomic mass is 10.1. The van der Waals surface area contributed by atoms with Crippen LogP contribution in [-0.4, -0.2) is 0 Å². The van der Waals surface area contributed by atoms with Gasteiger partial charge in [-0.25, -0.2) is 0 Å². The fraction of sp³-hybridized carbons (Fsp3) is 0.400. The molecule has 0 heterocycles. The molecule has 2 N–H and O–H groups in total. The van der Waals surface area contributed by atoms with Crippen LogP contribution < -0.4 is 5.73 Å². The first kappa shape index (κ1) is 9.40. The van der Waals surface area contributed by atoms with Crippen molar-refractivity contribution < 1.29 is 0 Å². The number of nitrogen functional groups attached to an aromatic ring is 1. The van der Waals surface area contributed by atoms with Crippen LogP contribution in [0.25, 0.3) is 0 Å². The van der Waals surface area contributed by atoms with Gasteiger partial charge in [0.1, 0.15) is 0 Å². The largest absolute Gasteiger partial charge is 0.398 e. The highest BCUT2D eigenvalue weighted by atomic mass is 35.5. The zero-order chi connectivity index (χ0) is 7.84. The molecule has 66 valence electrons. The summed E-state index contributed by atoms with van der Waals surface area (Å²) in [5, 5.41) is 0. The van der Waals surface area contributed by atoms with Crippen molar-refractivity contribution in [1.29, 1.82) is 0 Å². The Morgan fingerprint density at radius 2 is 2.00 bits per heavy atom. The topological polar surface area (TPSA) is 26.0 Å². The minimum absolute atomic E-state index is 0. The van der Waals surface area contributed by atoms with Crippen molar-refractivity contribution >= 4 is 18.1 Å². The average molecular weight is 184 g/mol. The Bertz CT molecular complexity index is 279. The molecule has 2 rings (SSSR count). The number of anilines is 1. The third-order valence-electron chi connectivity index (χ3n) is 2.26. The van der Waals surface area contributed by atoms with E-state index in [4.69, 9.17) is 5.73 Å². The van der Waals surface area contributed by atoms with Crippen LogP contribution in [0.5, 0.6) is 0 Å². The van der Waals surface area contributed by atoms with E-state index >= 15 is 0 Å². The van der Waals surface area contributed by atoms with Crippen molar-refractivity contribution in [2.24, 2.45) is 0 Å². The van der Waals surface area contributed by atoms with Gasteiger partial charge < -0.3 is 5.73 Å².